The zero-order valence-electron chi connectivity index (χ0n) is 16.3. The van der Waals surface area contributed by atoms with E-state index in [1.165, 1.54) is 18.2 Å². The fraction of sp³-hybridized carbons (Fsp3) is 0.400. The van der Waals surface area contributed by atoms with Crippen LogP contribution >= 0.6 is 7.60 Å². The Kier molecular flexibility index (Phi) is 7.77. The van der Waals surface area contributed by atoms with E-state index in [2.05, 4.69) is 0 Å². The predicted molar refractivity (Wildman–Crippen MR) is 100 cm³/mol. The van der Waals surface area contributed by atoms with Crippen molar-refractivity contribution in [3.05, 3.63) is 70.8 Å². The lowest BCUT2D eigenvalue weighted by atomic mass is 10.0. The fourth-order valence-corrected chi connectivity index (χ4v) is 5.12. The van der Waals surface area contributed by atoms with Gasteiger partial charge in [-0.3, -0.25) is 4.57 Å². The summed E-state index contributed by atoms with van der Waals surface area (Å²) in [4.78, 5) is 0. The van der Waals surface area contributed by atoms with Gasteiger partial charge in [0.15, 0.2) is 0 Å². The molecule has 2 rings (SSSR count). The van der Waals surface area contributed by atoms with Crippen molar-refractivity contribution in [3.8, 4) is 0 Å². The molecule has 0 aromatic heterocycles. The van der Waals surface area contributed by atoms with Crippen LogP contribution in [0.25, 0.3) is 0 Å². The summed E-state index contributed by atoms with van der Waals surface area (Å²) in [5.41, 5.74) is -2.94. The van der Waals surface area contributed by atoms with Gasteiger partial charge in [-0.05, 0) is 43.5 Å². The van der Waals surface area contributed by atoms with Crippen LogP contribution < -0.4 is 0 Å². The van der Waals surface area contributed by atoms with E-state index in [9.17, 15) is 30.9 Å². The van der Waals surface area contributed by atoms with Gasteiger partial charge in [0.2, 0.25) is 0 Å². The van der Waals surface area contributed by atoms with E-state index in [1.807, 2.05) is 0 Å². The van der Waals surface area contributed by atoms with Crippen LogP contribution in [0.3, 0.4) is 0 Å². The highest BCUT2D eigenvalue weighted by atomic mass is 31.2. The highest BCUT2D eigenvalue weighted by Gasteiger charge is 2.39. The van der Waals surface area contributed by atoms with Crippen molar-refractivity contribution in [2.24, 2.45) is 0 Å². The maximum absolute atomic E-state index is 13.4. The number of hydrogen-bond donors (Lipinski definition) is 0. The van der Waals surface area contributed by atoms with Crippen LogP contribution in [0.1, 0.15) is 41.8 Å². The first-order valence-corrected chi connectivity index (χ1v) is 10.7. The molecule has 1 unspecified atom stereocenters. The summed E-state index contributed by atoms with van der Waals surface area (Å²) in [7, 11) is -3.99. The van der Waals surface area contributed by atoms with Gasteiger partial charge in [0, 0.05) is 0 Å². The molecule has 1 atom stereocenters. The number of benzene rings is 2. The molecular weight excluding hydrogens is 433 g/mol. The van der Waals surface area contributed by atoms with E-state index in [0.717, 1.165) is 30.3 Å². The highest BCUT2D eigenvalue weighted by Crippen LogP contribution is 2.62. The van der Waals surface area contributed by atoms with Crippen LogP contribution in [0.15, 0.2) is 48.5 Å². The largest absolute Gasteiger partial charge is 0.416 e. The second-order valence-electron chi connectivity index (χ2n) is 6.42. The van der Waals surface area contributed by atoms with Crippen molar-refractivity contribution >= 4 is 7.60 Å². The Hall–Kier alpha value is -1.83. The number of alkyl halides is 6. The molecule has 30 heavy (non-hydrogen) atoms. The molecule has 166 valence electrons. The molecule has 0 saturated carbocycles. The van der Waals surface area contributed by atoms with Gasteiger partial charge in [-0.2, -0.15) is 26.3 Å². The van der Waals surface area contributed by atoms with Crippen molar-refractivity contribution in [1.82, 2.24) is 0 Å². The van der Waals surface area contributed by atoms with E-state index in [0.29, 0.717) is 0 Å². The van der Waals surface area contributed by atoms with E-state index in [1.54, 1.807) is 13.8 Å². The second-order valence-corrected chi connectivity index (χ2v) is 8.64. The lowest BCUT2D eigenvalue weighted by Gasteiger charge is -2.27. The first kappa shape index (κ1) is 24.4. The molecule has 2 aromatic carbocycles. The third-order valence-corrected chi connectivity index (χ3v) is 6.76. The van der Waals surface area contributed by atoms with Gasteiger partial charge in [-0.15, -0.1) is 0 Å². The normalized spacial score (nSPS) is 14.0. The molecule has 0 aliphatic heterocycles. The Balaban J connectivity index is 2.57. The topological polar surface area (TPSA) is 35.5 Å². The Bertz CT molecular complexity index is 885. The van der Waals surface area contributed by atoms with Crippen LogP contribution in [0.2, 0.25) is 0 Å². The van der Waals surface area contributed by atoms with Gasteiger partial charge in [-0.1, -0.05) is 36.4 Å². The molecule has 0 spiro atoms. The van der Waals surface area contributed by atoms with E-state index < -0.39 is 36.7 Å². The van der Waals surface area contributed by atoms with E-state index >= 15 is 0 Å². The average Bonchev–Trinajstić information content (AvgIpc) is 2.65. The summed E-state index contributed by atoms with van der Waals surface area (Å²) in [5, 5.41) is 0. The maximum Gasteiger partial charge on any atom is 0.416 e. The predicted octanol–water partition coefficient (Wildman–Crippen LogP) is 7.27. The molecule has 0 aliphatic carbocycles. The minimum Gasteiger partial charge on any atom is -0.308 e. The molecule has 2 aromatic rings. The number of rotatable bonds is 8. The zero-order valence-corrected chi connectivity index (χ0v) is 17.2. The van der Waals surface area contributed by atoms with Crippen LogP contribution in [0, 0.1) is 0 Å². The third kappa shape index (κ3) is 6.09. The van der Waals surface area contributed by atoms with Gasteiger partial charge < -0.3 is 9.05 Å². The van der Waals surface area contributed by atoms with Crippen molar-refractivity contribution in [3.63, 3.8) is 0 Å². The van der Waals surface area contributed by atoms with Gasteiger partial charge in [-0.25, -0.2) is 0 Å². The van der Waals surface area contributed by atoms with Crippen molar-refractivity contribution < 1.29 is 40.0 Å². The van der Waals surface area contributed by atoms with E-state index in [-0.39, 0.29) is 30.8 Å². The molecule has 0 saturated heterocycles. The Morgan fingerprint density at radius 1 is 0.833 bits per heavy atom. The number of hydrogen-bond acceptors (Lipinski definition) is 3. The van der Waals surface area contributed by atoms with Crippen molar-refractivity contribution in [2.75, 3.05) is 13.2 Å². The monoisotopic (exact) mass is 454 g/mol. The number of halogens is 6. The third-order valence-electron chi connectivity index (χ3n) is 4.28. The molecule has 3 nitrogen and oxygen atoms in total. The summed E-state index contributed by atoms with van der Waals surface area (Å²) in [5.74, 6) is 0. The first-order chi connectivity index (χ1) is 13.9. The summed E-state index contributed by atoms with van der Waals surface area (Å²) in [6, 6.07) is 8.50. The molecule has 0 radical (unpaired) electrons. The zero-order chi connectivity index (χ0) is 22.6. The molecule has 0 aliphatic rings. The minimum atomic E-state index is -4.64. The quantitative estimate of drug-likeness (QED) is 0.311. The van der Waals surface area contributed by atoms with Crippen molar-refractivity contribution in [2.45, 2.75) is 38.3 Å². The summed E-state index contributed by atoms with van der Waals surface area (Å²) in [6.07, 6.45) is -9.49. The van der Waals surface area contributed by atoms with Crippen LogP contribution in [-0.2, 0) is 32.4 Å². The molecule has 0 heterocycles. The average molecular weight is 454 g/mol. The lowest BCUT2D eigenvalue weighted by molar-refractivity contribution is -0.138. The van der Waals surface area contributed by atoms with Crippen LogP contribution in [-0.4, -0.2) is 13.2 Å². The Morgan fingerprint density at radius 3 is 1.83 bits per heavy atom. The van der Waals surface area contributed by atoms with Gasteiger partial charge in [0.1, 0.15) is 0 Å². The molecule has 0 bridgehead atoms. The molecular formula is C20H21F6O3P. The Morgan fingerprint density at radius 2 is 1.33 bits per heavy atom. The van der Waals surface area contributed by atoms with Crippen LogP contribution in [0.4, 0.5) is 26.3 Å². The molecule has 0 amide bonds. The molecule has 0 fully saturated rings. The smallest absolute Gasteiger partial charge is 0.308 e. The minimum absolute atomic E-state index is 0.00692. The van der Waals surface area contributed by atoms with Gasteiger partial charge in [0.05, 0.1) is 30.0 Å². The van der Waals surface area contributed by atoms with Gasteiger partial charge in [0.25, 0.3) is 0 Å². The van der Waals surface area contributed by atoms with Crippen LogP contribution in [0.5, 0.6) is 0 Å². The first-order valence-electron chi connectivity index (χ1n) is 9.12. The summed E-state index contributed by atoms with van der Waals surface area (Å²) < 4.78 is 103. The van der Waals surface area contributed by atoms with E-state index in [4.69, 9.17) is 9.05 Å². The lowest BCUT2D eigenvalue weighted by Crippen LogP contribution is -2.12. The summed E-state index contributed by atoms with van der Waals surface area (Å²) in [6.45, 7) is 2.99. The highest BCUT2D eigenvalue weighted by molar-refractivity contribution is 7.54. The standard InChI is InChI=1S/C20H21F6O3P/c1-3-28-30(27,29-4-2)18(15-8-6-10-17(13-15)20(24,25)26)12-14-7-5-9-16(11-14)19(21,22)23/h5-11,13,18H,3-4,12H2,1-2H3. The Labute approximate surface area is 170 Å². The molecule has 0 N–H and O–H groups in total. The maximum atomic E-state index is 13.4. The SMILES string of the molecule is CCOP(=O)(OCC)C(Cc1cccc(C(F)(F)F)c1)c1cccc(C(F)(F)F)c1. The summed E-state index contributed by atoms with van der Waals surface area (Å²) >= 11 is 0. The fourth-order valence-electron chi connectivity index (χ4n) is 3.01. The second kappa shape index (κ2) is 9.54. The van der Waals surface area contributed by atoms with Gasteiger partial charge >= 0.3 is 19.9 Å². The molecule has 10 heteroatoms. The van der Waals surface area contributed by atoms with Crippen molar-refractivity contribution in [1.29, 1.82) is 0 Å².